The molecule has 0 radical (unpaired) electrons. The topological polar surface area (TPSA) is 29.5 Å². The molecule has 1 saturated heterocycles. The first kappa shape index (κ1) is 14.9. The van der Waals surface area contributed by atoms with Gasteiger partial charge in [0.1, 0.15) is 5.75 Å². The van der Waals surface area contributed by atoms with Crippen molar-refractivity contribution < 1.29 is 9.53 Å². The molecule has 1 aromatic rings. The number of hydrogen-bond acceptors (Lipinski definition) is 2. The number of para-hydroxylation sites is 1. The SMILES string of the molecule is CC(C)c1ccccc1O[C@H](C)C(=O)N1CCCCC1. The zero-order valence-corrected chi connectivity index (χ0v) is 12.8. The van der Waals surface area contributed by atoms with E-state index in [2.05, 4.69) is 19.9 Å². The maximum atomic E-state index is 12.4. The summed E-state index contributed by atoms with van der Waals surface area (Å²) in [5.74, 6) is 1.34. The number of carbonyl (C=O) groups is 1. The number of hydrogen-bond donors (Lipinski definition) is 0. The highest BCUT2D eigenvalue weighted by atomic mass is 16.5. The van der Waals surface area contributed by atoms with Gasteiger partial charge in [0, 0.05) is 13.1 Å². The number of carbonyl (C=O) groups excluding carboxylic acids is 1. The fourth-order valence-corrected chi connectivity index (χ4v) is 2.68. The molecule has 3 nitrogen and oxygen atoms in total. The Labute approximate surface area is 121 Å². The molecule has 110 valence electrons. The van der Waals surface area contributed by atoms with Gasteiger partial charge in [0.15, 0.2) is 6.10 Å². The molecule has 1 heterocycles. The van der Waals surface area contributed by atoms with E-state index in [9.17, 15) is 4.79 Å². The fraction of sp³-hybridized carbons (Fsp3) is 0.588. The van der Waals surface area contributed by atoms with E-state index in [1.165, 1.54) is 6.42 Å². The standard InChI is InChI=1S/C17H25NO2/c1-13(2)15-9-5-6-10-16(15)20-14(3)17(19)18-11-7-4-8-12-18/h5-6,9-10,13-14H,4,7-8,11-12H2,1-3H3/t14-/m1/s1. The minimum absolute atomic E-state index is 0.114. The van der Waals surface area contributed by atoms with Gasteiger partial charge < -0.3 is 9.64 Å². The lowest BCUT2D eigenvalue weighted by atomic mass is 10.0. The van der Waals surface area contributed by atoms with Gasteiger partial charge in [-0.1, -0.05) is 32.0 Å². The maximum Gasteiger partial charge on any atom is 0.263 e. The van der Waals surface area contributed by atoms with Gasteiger partial charge in [0.25, 0.3) is 5.91 Å². The van der Waals surface area contributed by atoms with Crippen molar-refractivity contribution >= 4 is 5.91 Å². The first-order valence-electron chi connectivity index (χ1n) is 7.64. The van der Waals surface area contributed by atoms with Crippen molar-refractivity contribution in [1.82, 2.24) is 4.90 Å². The highest BCUT2D eigenvalue weighted by Gasteiger charge is 2.24. The predicted molar refractivity (Wildman–Crippen MR) is 81.1 cm³/mol. The summed E-state index contributed by atoms with van der Waals surface area (Å²) in [5.41, 5.74) is 1.16. The summed E-state index contributed by atoms with van der Waals surface area (Å²) in [6.07, 6.45) is 3.05. The van der Waals surface area contributed by atoms with Crippen LogP contribution in [0.15, 0.2) is 24.3 Å². The van der Waals surface area contributed by atoms with Gasteiger partial charge in [0.05, 0.1) is 0 Å². The lowest BCUT2D eigenvalue weighted by molar-refractivity contribution is -0.138. The quantitative estimate of drug-likeness (QED) is 0.840. The predicted octanol–water partition coefficient (Wildman–Crippen LogP) is 3.59. The van der Waals surface area contributed by atoms with E-state index < -0.39 is 6.10 Å². The average molecular weight is 275 g/mol. The van der Waals surface area contributed by atoms with E-state index >= 15 is 0 Å². The third kappa shape index (κ3) is 3.53. The van der Waals surface area contributed by atoms with Crippen LogP contribution in [0.25, 0.3) is 0 Å². The van der Waals surface area contributed by atoms with Crippen molar-refractivity contribution in [1.29, 1.82) is 0 Å². The van der Waals surface area contributed by atoms with Gasteiger partial charge in [-0.2, -0.15) is 0 Å². The third-order valence-corrected chi connectivity index (χ3v) is 3.86. The Bertz CT molecular complexity index is 450. The minimum atomic E-state index is -0.409. The Balaban J connectivity index is 2.03. The average Bonchev–Trinajstić information content (AvgIpc) is 2.47. The number of benzene rings is 1. The third-order valence-electron chi connectivity index (χ3n) is 3.86. The summed E-state index contributed by atoms with van der Waals surface area (Å²) < 4.78 is 5.93. The zero-order valence-electron chi connectivity index (χ0n) is 12.8. The highest BCUT2D eigenvalue weighted by Crippen LogP contribution is 2.27. The van der Waals surface area contributed by atoms with Crippen molar-refractivity contribution in [2.45, 2.75) is 52.1 Å². The van der Waals surface area contributed by atoms with Gasteiger partial charge >= 0.3 is 0 Å². The van der Waals surface area contributed by atoms with Crippen LogP contribution >= 0.6 is 0 Å². The summed E-state index contributed by atoms with van der Waals surface area (Å²) in [6, 6.07) is 7.99. The summed E-state index contributed by atoms with van der Waals surface area (Å²) in [5, 5.41) is 0. The summed E-state index contributed by atoms with van der Waals surface area (Å²) in [6.45, 7) is 7.88. The van der Waals surface area contributed by atoms with Crippen LogP contribution < -0.4 is 4.74 Å². The Morgan fingerprint density at radius 1 is 1.10 bits per heavy atom. The number of ether oxygens (including phenoxy) is 1. The molecule has 0 saturated carbocycles. The molecule has 1 aliphatic heterocycles. The molecule has 3 heteroatoms. The van der Waals surface area contributed by atoms with Crippen molar-refractivity contribution in [3.63, 3.8) is 0 Å². The molecule has 0 aliphatic carbocycles. The normalized spacial score (nSPS) is 17.1. The fourth-order valence-electron chi connectivity index (χ4n) is 2.68. The molecule has 1 aromatic carbocycles. The van der Waals surface area contributed by atoms with Crippen molar-refractivity contribution in [2.75, 3.05) is 13.1 Å². The van der Waals surface area contributed by atoms with Crippen LogP contribution in [0.5, 0.6) is 5.75 Å². The molecular formula is C17H25NO2. The van der Waals surface area contributed by atoms with Gasteiger partial charge in [-0.05, 0) is 43.7 Å². The smallest absolute Gasteiger partial charge is 0.263 e. The number of amides is 1. The van der Waals surface area contributed by atoms with E-state index in [1.54, 1.807) is 0 Å². The molecule has 20 heavy (non-hydrogen) atoms. The molecule has 1 aliphatic rings. The Morgan fingerprint density at radius 2 is 1.75 bits per heavy atom. The van der Waals surface area contributed by atoms with E-state index in [1.807, 2.05) is 30.0 Å². The Hall–Kier alpha value is -1.51. The highest BCUT2D eigenvalue weighted by molar-refractivity contribution is 5.81. The van der Waals surface area contributed by atoms with Crippen molar-refractivity contribution in [3.05, 3.63) is 29.8 Å². The molecule has 0 unspecified atom stereocenters. The Morgan fingerprint density at radius 3 is 2.40 bits per heavy atom. The van der Waals surface area contributed by atoms with Crippen LogP contribution in [-0.4, -0.2) is 30.0 Å². The van der Waals surface area contributed by atoms with Crippen LogP contribution in [-0.2, 0) is 4.79 Å². The second-order valence-electron chi connectivity index (χ2n) is 5.84. The molecule has 0 N–H and O–H groups in total. The summed E-state index contributed by atoms with van der Waals surface area (Å²) in [4.78, 5) is 14.3. The zero-order chi connectivity index (χ0) is 14.5. The van der Waals surface area contributed by atoms with Crippen molar-refractivity contribution in [2.24, 2.45) is 0 Å². The molecule has 0 spiro atoms. The second kappa shape index (κ2) is 6.78. The molecular weight excluding hydrogens is 250 g/mol. The van der Waals surface area contributed by atoms with Gasteiger partial charge in [0.2, 0.25) is 0 Å². The monoisotopic (exact) mass is 275 g/mol. The maximum absolute atomic E-state index is 12.4. The van der Waals surface area contributed by atoms with Crippen LogP contribution in [0.4, 0.5) is 0 Å². The number of nitrogens with zero attached hydrogens (tertiary/aromatic N) is 1. The van der Waals surface area contributed by atoms with Gasteiger partial charge in [-0.3, -0.25) is 4.79 Å². The molecule has 2 rings (SSSR count). The first-order valence-corrected chi connectivity index (χ1v) is 7.64. The summed E-state index contributed by atoms with van der Waals surface area (Å²) in [7, 11) is 0. The molecule has 0 bridgehead atoms. The van der Waals surface area contributed by atoms with Crippen molar-refractivity contribution in [3.8, 4) is 5.75 Å². The largest absolute Gasteiger partial charge is 0.481 e. The minimum Gasteiger partial charge on any atom is -0.481 e. The van der Waals surface area contributed by atoms with E-state index in [0.29, 0.717) is 5.92 Å². The lowest BCUT2D eigenvalue weighted by Gasteiger charge is -2.29. The van der Waals surface area contributed by atoms with Crippen LogP contribution in [0.3, 0.4) is 0 Å². The van der Waals surface area contributed by atoms with E-state index in [0.717, 1.165) is 37.2 Å². The van der Waals surface area contributed by atoms with Gasteiger partial charge in [-0.15, -0.1) is 0 Å². The van der Waals surface area contributed by atoms with E-state index in [-0.39, 0.29) is 5.91 Å². The molecule has 0 aromatic heterocycles. The number of likely N-dealkylation sites (tertiary alicyclic amines) is 1. The lowest BCUT2D eigenvalue weighted by Crippen LogP contribution is -2.43. The van der Waals surface area contributed by atoms with E-state index in [4.69, 9.17) is 4.74 Å². The van der Waals surface area contributed by atoms with Crippen LogP contribution in [0, 0.1) is 0 Å². The second-order valence-corrected chi connectivity index (χ2v) is 5.84. The van der Waals surface area contributed by atoms with Crippen LogP contribution in [0.1, 0.15) is 51.5 Å². The van der Waals surface area contributed by atoms with Gasteiger partial charge in [-0.25, -0.2) is 0 Å². The summed E-state index contributed by atoms with van der Waals surface area (Å²) >= 11 is 0. The molecule has 1 amide bonds. The molecule has 1 fully saturated rings. The number of piperidine rings is 1. The Kier molecular flexibility index (Phi) is 5.05. The number of rotatable bonds is 4. The van der Waals surface area contributed by atoms with Crippen LogP contribution in [0.2, 0.25) is 0 Å². The first-order chi connectivity index (χ1) is 9.59. The molecule has 1 atom stereocenters.